The molecule has 0 saturated heterocycles. The Morgan fingerprint density at radius 1 is 0.161 bits per heavy atom. The lowest BCUT2D eigenvalue weighted by molar-refractivity contribution is 1.18. The van der Waals surface area contributed by atoms with E-state index in [9.17, 15) is 0 Å². The van der Waals surface area contributed by atoms with Gasteiger partial charge in [-0.1, -0.05) is 261 Å². The molecule has 15 aromatic carbocycles. The minimum atomic E-state index is 0.896. The van der Waals surface area contributed by atoms with Crippen molar-refractivity contribution in [3.63, 3.8) is 0 Å². The number of para-hydroxylation sites is 6. The van der Waals surface area contributed by atoms with Crippen molar-refractivity contribution in [2.75, 3.05) is 0 Å². The molecule has 0 aliphatic carbocycles. The lowest BCUT2D eigenvalue weighted by Gasteiger charge is -2.14. The van der Waals surface area contributed by atoms with Gasteiger partial charge in [0.1, 0.15) is 0 Å². The van der Waals surface area contributed by atoms with Crippen LogP contribution in [-0.4, -0.2) is 33.2 Å². The maximum atomic E-state index is 5.22. The van der Waals surface area contributed by atoms with Gasteiger partial charge >= 0.3 is 0 Å². The van der Waals surface area contributed by atoms with Crippen LogP contribution < -0.4 is 0 Å². The monoisotopic (exact) mass is 1430 g/mol. The number of aromatic nitrogens is 7. The van der Waals surface area contributed by atoms with Gasteiger partial charge < -0.3 is 18.3 Å². The average Bonchev–Trinajstić information content (AvgIpc) is 1.59. The van der Waals surface area contributed by atoms with Crippen molar-refractivity contribution in [1.82, 2.24) is 33.2 Å². The minimum Gasteiger partial charge on any atom is -0.309 e. The standard InChI is InChI=1S/C53H35N3.C52H34N4/c1-4-14-37(15-5-1)48-31-30-43(53(54-48)38-16-6-2-7-17-38)36-24-28-42(29-25-36)56-50-23-13-11-21-45(50)47-35-40(27-33-52(47)56)39-26-32-51-46(34-39)44-20-10-12-22-49(44)55(51)41-18-8-3-9-19-41;1-3-13-35(14-4-1)46-28-25-39(34-53-46)48-22-12-21-47(54-48)38-15-11-18-41(31-38)56-50-24-10-8-20-43(50)45-33-37(27-30-52(45)56)36-26-29-51-44(32-36)42-19-7-9-23-49(42)55(51)40-16-5-2-6-17-40/h1-35H;1-34H. The van der Waals surface area contributed by atoms with Crippen LogP contribution in [0, 0.1) is 0 Å². The Labute approximate surface area is 647 Å². The maximum absolute atomic E-state index is 5.22. The van der Waals surface area contributed by atoms with Crippen molar-refractivity contribution in [2.24, 2.45) is 0 Å². The SMILES string of the molecule is c1ccc(-c2ccc(-c3ccc(-n4c5ccccc5c5cc(-c6ccc7c(c6)c6ccccc6n7-c6ccccc6)ccc54)cc3)c(-c3ccccc3)n2)cc1.c1ccc(-c2ccc(-c3cccc(-c4cccc(-n5c6ccccc6c6cc(-c7ccc8c(c7)c7ccccc7n8-c7ccccc7)ccc65)c4)n3)cn2)cc1. The van der Waals surface area contributed by atoms with Gasteiger partial charge in [0.25, 0.3) is 0 Å². The summed E-state index contributed by atoms with van der Waals surface area (Å²) in [6.07, 6.45) is 1.91. The summed E-state index contributed by atoms with van der Waals surface area (Å²) in [5.74, 6) is 0. The van der Waals surface area contributed by atoms with Crippen LogP contribution in [-0.2, 0) is 0 Å². The van der Waals surface area contributed by atoms with E-state index in [1.807, 2.05) is 30.5 Å². The summed E-state index contributed by atoms with van der Waals surface area (Å²) >= 11 is 0. The Balaban J connectivity index is 0.000000141. The van der Waals surface area contributed by atoms with Gasteiger partial charge in [0, 0.05) is 105 Å². The molecule has 112 heavy (non-hydrogen) atoms. The summed E-state index contributed by atoms with van der Waals surface area (Å²) < 4.78 is 9.51. The van der Waals surface area contributed by atoms with Gasteiger partial charge in [0.15, 0.2) is 0 Å². The fourth-order valence-corrected chi connectivity index (χ4v) is 16.8. The van der Waals surface area contributed by atoms with E-state index in [-0.39, 0.29) is 0 Å². The second-order valence-electron chi connectivity index (χ2n) is 28.6. The molecule has 0 saturated carbocycles. The van der Waals surface area contributed by atoms with Crippen molar-refractivity contribution in [1.29, 1.82) is 0 Å². The molecule has 0 N–H and O–H groups in total. The van der Waals surface area contributed by atoms with E-state index in [1.165, 1.54) is 121 Å². The van der Waals surface area contributed by atoms with Crippen LogP contribution in [0.15, 0.2) is 419 Å². The minimum absolute atomic E-state index is 0.896. The Morgan fingerprint density at radius 3 is 0.911 bits per heavy atom. The fourth-order valence-electron chi connectivity index (χ4n) is 16.8. The maximum Gasteiger partial charge on any atom is 0.0787 e. The third-order valence-corrected chi connectivity index (χ3v) is 22.1. The molecule has 0 spiro atoms. The first-order valence-corrected chi connectivity index (χ1v) is 38.1. The van der Waals surface area contributed by atoms with E-state index in [0.717, 1.165) is 78.8 Å². The molecule has 0 fully saturated rings. The summed E-state index contributed by atoms with van der Waals surface area (Å²) in [5.41, 5.74) is 31.2. The average molecular weight is 1430 g/mol. The van der Waals surface area contributed by atoms with Crippen LogP contribution >= 0.6 is 0 Å². The van der Waals surface area contributed by atoms with Crippen LogP contribution in [0.3, 0.4) is 0 Å². The van der Waals surface area contributed by atoms with E-state index < -0.39 is 0 Å². The first kappa shape index (κ1) is 65.3. The summed E-state index contributed by atoms with van der Waals surface area (Å²) in [5, 5.41) is 9.94. The number of nitrogens with zero attached hydrogens (tertiary/aromatic N) is 7. The highest BCUT2D eigenvalue weighted by molar-refractivity contribution is 6.15. The molecule has 0 amide bonds. The first-order chi connectivity index (χ1) is 55.5. The number of hydrogen-bond acceptors (Lipinski definition) is 3. The fraction of sp³-hybridized carbons (Fsp3) is 0. The predicted octanol–water partition coefficient (Wildman–Crippen LogP) is 27.3. The van der Waals surface area contributed by atoms with Gasteiger partial charge in [-0.25, -0.2) is 9.97 Å². The number of fused-ring (bicyclic) bond motifs is 12. The highest BCUT2D eigenvalue weighted by Gasteiger charge is 2.21. The molecule has 7 aromatic heterocycles. The molecule has 7 nitrogen and oxygen atoms in total. The summed E-state index contributed by atoms with van der Waals surface area (Å²) in [4.78, 5) is 15.1. The highest BCUT2D eigenvalue weighted by atomic mass is 15.0. The third kappa shape index (κ3) is 11.5. The number of hydrogen-bond donors (Lipinski definition) is 0. The van der Waals surface area contributed by atoms with E-state index in [0.29, 0.717) is 0 Å². The van der Waals surface area contributed by atoms with Gasteiger partial charge in [-0.15, -0.1) is 0 Å². The van der Waals surface area contributed by atoms with Gasteiger partial charge in [0.05, 0.1) is 72.6 Å². The molecule has 22 aromatic rings. The molecular formula is C105H69N7. The predicted molar refractivity (Wildman–Crippen MR) is 467 cm³/mol. The quantitative estimate of drug-likeness (QED) is 0.122. The van der Waals surface area contributed by atoms with Crippen molar-refractivity contribution >= 4 is 87.2 Å². The number of benzene rings is 15. The molecule has 0 aliphatic heterocycles. The molecule has 0 bridgehead atoms. The van der Waals surface area contributed by atoms with Crippen molar-refractivity contribution in [3.8, 4) is 112 Å². The Kier molecular flexibility index (Phi) is 16.1. The molecular weight excluding hydrogens is 1360 g/mol. The highest BCUT2D eigenvalue weighted by Crippen LogP contribution is 2.43. The second kappa shape index (κ2) is 27.6. The van der Waals surface area contributed by atoms with Crippen LogP contribution in [0.4, 0.5) is 0 Å². The lowest BCUT2D eigenvalue weighted by atomic mass is 9.97. The normalized spacial score (nSPS) is 11.6. The van der Waals surface area contributed by atoms with Crippen LogP contribution in [0.2, 0.25) is 0 Å². The molecule has 7 heteroatoms. The Morgan fingerprint density at radius 2 is 0.473 bits per heavy atom. The van der Waals surface area contributed by atoms with Crippen molar-refractivity contribution < 1.29 is 0 Å². The molecule has 22 rings (SSSR count). The molecule has 7 heterocycles. The largest absolute Gasteiger partial charge is 0.309 e. The van der Waals surface area contributed by atoms with E-state index in [2.05, 4.69) is 407 Å². The third-order valence-electron chi connectivity index (χ3n) is 22.1. The van der Waals surface area contributed by atoms with Gasteiger partial charge in [-0.2, -0.15) is 0 Å². The molecule has 0 aliphatic rings. The van der Waals surface area contributed by atoms with E-state index in [1.54, 1.807) is 0 Å². The van der Waals surface area contributed by atoms with Crippen LogP contribution in [0.25, 0.3) is 200 Å². The number of pyridine rings is 3. The zero-order valence-corrected chi connectivity index (χ0v) is 61.0. The van der Waals surface area contributed by atoms with Crippen LogP contribution in [0.1, 0.15) is 0 Å². The van der Waals surface area contributed by atoms with E-state index in [4.69, 9.17) is 15.0 Å². The second-order valence-corrected chi connectivity index (χ2v) is 28.6. The first-order valence-electron chi connectivity index (χ1n) is 38.1. The van der Waals surface area contributed by atoms with Crippen molar-refractivity contribution in [3.05, 3.63) is 419 Å². The van der Waals surface area contributed by atoms with Crippen LogP contribution in [0.5, 0.6) is 0 Å². The summed E-state index contributed by atoms with van der Waals surface area (Å²) in [7, 11) is 0. The molecule has 0 radical (unpaired) electrons. The Bertz CT molecular complexity index is 7320. The summed E-state index contributed by atoms with van der Waals surface area (Å²) in [6, 6.07) is 147. The molecule has 524 valence electrons. The summed E-state index contributed by atoms with van der Waals surface area (Å²) in [6.45, 7) is 0. The zero-order valence-electron chi connectivity index (χ0n) is 61.0. The van der Waals surface area contributed by atoms with Crippen molar-refractivity contribution in [2.45, 2.75) is 0 Å². The van der Waals surface area contributed by atoms with E-state index >= 15 is 0 Å². The topological polar surface area (TPSA) is 58.4 Å². The smallest absolute Gasteiger partial charge is 0.0787 e. The lowest BCUT2D eigenvalue weighted by Crippen LogP contribution is -1.95. The molecule has 0 unspecified atom stereocenters. The zero-order chi connectivity index (χ0) is 74.0. The Hall–Kier alpha value is -15.1. The van der Waals surface area contributed by atoms with Gasteiger partial charge in [-0.05, 0) is 179 Å². The molecule has 0 atom stereocenters. The van der Waals surface area contributed by atoms with Gasteiger partial charge in [-0.3, -0.25) is 4.98 Å². The number of rotatable bonds is 12. The van der Waals surface area contributed by atoms with Gasteiger partial charge in [0.2, 0.25) is 0 Å².